The molecule has 0 aliphatic heterocycles. The number of rotatable bonds is 5. The SMILES string of the molecule is CCN(CCC(C)=O)c1ccc(F)cc1. The van der Waals surface area contributed by atoms with Gasteiger partial charge in [0.05, 0.1) is 0 Å². The van der Waals surface area contributed by atoms with Crippen LogP contribution in [0.25, 0.3) is 0 Å². The predicted octanol–water partition coefficient (Wildman–Crippen LogP) is 2.63. The van der Waals surface area contributed by atoms with Gasteiger partial charge in [-0.1, -0.05) is 0 Å². The van der Waals surface area contributed by atoms with Gasteiger partial charge in [-0.2, -0.15) is 0 Å². The minimum atomic E-state index is -0.235. The van der Waals surface area contributed by atoms with Gasteiger partial charge in [0.25, 0.3) is 0 Å². The van der Waals surface area contributed by atoms with E-state index in [0.717, 1.165) is 12.2 Å². The zero-order valence-corrected chi connectivity index (χ0v) is 9.16. The maximum atomic E-state index is 12.7. The van der Waals surface area contributed by atoms with Crippen LogP contribution < -0.4 is 4.90 Å². The van der Waals surface area contributed by atoms with Crippen molar-refractivity contribution in [2.45, 2.75) is 20.3 Å². The van der Waals surface area contributed by atoms with Crippen LogP contribution in [-0.4, -0.2) is 18.9 Å². The summed E-state index contributed by atoms with van der Waals surface area (Å²) in [7, 11) is 0. The first kappa shape index (κ1) is 11.7. The summed E-state index contributed by atoms with van der Waals surface area (Å²) in [6.45, 7) is 5.11. The molecule has 0 fully saturated rings. The lowest BCUT2D eigenvalue weighted by Gasteiger charge is -2.22. The monoisotopic (exact) mass is 209 g/mol. The van der Waals surface area contributed by atoms with E-state index in [0.29, 0.717) is 13.0 Å². The number of carbonyl (C=O) groups is 1. The molecule has 1 rings (SSSR count). The third-order valence-corrected chi connectivity index (χ3v) is 2.31. The molecule has 0 unspecified atom stereocenters. The number of halogens is 1. The molecule has 0 spiro atoms. The van der Waals surface area contributed by atoms with E-state index in [4.69, 9.17) is 0 Å². The van der Waals surface area contributed by atoms with Gasteiger partial charge in [0.2, 0.25) is 0 Å². The van der Waals surface area contributed by atoms with Gasteiger partial charge in [0.15, 0.2) is 0 Å². The summed E-state index contributed by atoms with van der Waals surface area (Å²) < 4.78 is 12.7. The molecule has 3 heteroatoms. The Kier molecular flexibility index (Phi) is 4.28. The van der Waals surface area contributed by atoms with Gasteiger partial charge in [-0.15, -0.1) is 0 Å². The summed E-state index contributed by atoms with van der Waals surface area (Å²) in [5.74, 6) is -0.0584. The fourth-order valence-electron chi connectivity index (χ4n) is 1.41. The highest BCUT2D eigenvalue weighted by atomic mass is 19.1. The number of Topliss-reactive ketones (excluding diaryl/α,β-unsaturated/α-hetero) is 1. The maximum absolute atomic E-state index is 12.7. The molecule has 0 N–H and O–H groups in total. The molecule has 0 aliphatic carbocycles. The van der Waals surface area contributed by atoms with Gasteiger partial charge in [-0.05, 0) is 38.1 Å². The fraction of sp³-hybridized carbons (Fsp3) is 0.417. The first-order valence-corrected chi connectivity index (χ1v) is 5.13. The van der Waals surface area contributed by atoms with Gasteiger partial charge in [0.1, 0.15) is 11.6 Å². The summed E-state index contributed by atoms with van der Waals surface area (Å²) in [5.41, 5.74) is 0.958. The zero-order chi connectivity index (χ0) is 11.3. The van der Waals surface area contributed by atoms with Gasteiger partial charge >= 0.3 is 0 Å². The van der Waals surface area contributed by atoms with Crippen LogP contribution >= 0.6 is 0 Å². The molecule has 0 amide bonds. The second kappa shape index (κ2) is 5.49. The highest BCUT2D eigenvalue weighted by Crippen LogP contribution is 2.14. The van der Waals surface area contributed by atoms with Crippen LogP contribution in [0, 0.1) is 5.82 Å². The first-order chi connectivity index (χ1) is 7.13. The van der Waals surface area contributed by atoms with E-state index in [1.807, 2.05) is 6.92 Å². The van der Waals surface area contributed by atoms with E-state index in [2.05, 4.69) is 4.90 Å². The Morgan fingerprint density at radius 1 is 1.33 bits per heavy atom. The molecule has 1 aromatic carbocycles. The minimum Gasteiger partial charge on any atom is -0.371 e. The van der Waals surface area contributed by atoms with Crippen molar-refractivity contribution in [3.8, 4) is 0 Å². The van der Waals surface area contributed by atoms with E-state index in [1.54, 1.807) is 19.1 Å². The standard InChI is InChI=1S/C12H16FNO/c1-3-14(9-8-10(2)15)12-6-4-11(13)5-7-12/h4-7H,3,8-9H2,1-2H3. The molecule has 1 aromatic rings. The van der Waals surface area contributed by atoms with Crippen LogP contribution in [-0.2, 0) is 4.79 Å². The highest BCUT2D eigenvalue weighted by molar-refractivity contribution is 5.76. The van der Waals surface area contributed by atoms with Gasteiger partial charge in [0, 0.05) is 25.2 Å². The summed E-state index contributed by atoms with van der Waals surface area (Å²) in [6, 6.07) is 6.34. The van der Waals surface area contributed by atoms with E-state index < -0.39 is 0 Å². The molecular weight excluding hydrogens is 193 g/mol. The van der Waals surface area contributed by atoms with Gasteiger partial charge in [-0.3, -0.25) is 4.79 Å². The Hall–Kier alpha value is -1.38. The van der Waals surface area contributed by atoms with Crippen LogP contribution in [0.2, 0.25) is 0 Å². The molecule has 0 saturated heterocycles. The second-order valence-corrected chi connectivity index (χ2v) is 3.51. The van der Waals surface area contributed by atoms with Crippen LogP contribution in [0.5, 0.6) is 0 Å². The smallest absolute Gasteiger partial charge is 0.131 e. The van der Waals surface area contributed by atoms with Crippen molar-refractivity contribution in [1.29, 1.82) is 0 Å². The quantitative estimate of drug-likeness (QED) is 0.743. The number of anilines is 1. The number of ketones is 1. The van der Waals surface area contributed by atoms with Crippen molar-refractivity contribution in [2.24, 2.45) is 0 Å². The molecule has 2 nitrogen and oxygen atoms in total. The average Bonchev–Trinajstić information content (AvgIpc) is 2.21. The number of hydrogen-bond donors (Lipinski definition) is 0. The lowest BCUT2D eigenvalue weighted by Crippen LogP contribution is -2.25. The van der Waals surface area contributed by atoms with Crippen LogP contribution in [0.3, 0.4) is 0 Å². The van der Waals surface area contributed by atoms with Crippen LogP contribution in [0.4, 0.5) is 10.1 Å². The summed E-state index contributed by atoms with van der Waals surface area (Å²) in [5, 5.41) is 0. The molecule has 0 radical (unpaired) electrons. The van der Waals surface area contributed by atoms with Crippen LogP contribution in [0.15, 0.2) is 24.3 Å². The number of carbonyl (C=O) groups excluding carboxylic acids is 1. The Balaban J connectivity index is 2.65. The van der Waals surface area contributed by atoms with Crippen LogP contribution in [0.1, 0.15) is 20.3 Å². The molecule has 0 aliphatic rings. The largest absolute Gasteiger partial charge is 0.371 e. The van der Waals surface area contributed by atoms with Crippen molar-refractivity contribution in [3.05, 3.63) is 30.1 Å². The number of nitrogens with zero attached hydrogens (tertiary/aromatic N) is 1. The summed E-state index contributed by atoms with van der Waals surface area (Å²) >= 11 is 0. The maximum Gasteiger partial charge on any atom is 0.131 e. The highest BCUT2D eigenvalue weighted by Gasteiger charge is 2.05. The molecule has 0 heterocycles. The molecule has 0 aromatic heterocycles. The number of hydrogen-bond acceptors (Lipinski definition) is 2. The lowest BCUT2D eigenvalue weighted by atomic mass is 10.2. The molecule has 0 bridgehead atoms. The Morgan fingerprint density at radius 3 is 2.40 bits per heavy atom. The topological polar surface area (TPSA) is 20.3 Å². The first-order valence-electron chi connectivity index (χ1n) is 5.13. The average molecular weight is 209 g/mol. The third-order valence-electron chi connectivity index (χ3n) is 2.31. The van der Waals surface area contributed by atoms with E-state index in [1.165, 1.54) is 12.1 Å². The number of benzene rings is 1. The summed E-state index contributed by atoms with van der Waals surface area (Å²) in [4.78, 5) is 12.9. The van der Waals surface area contributed by atoms with Crippen molar-refractivity contribution in [3.63, 3.8) is 0 Å². The summed E-state index contributed by atoms with van der Waals surface area (Å²) in [6.07, 6.45) is 0.533. The van der Waals surface area contributed by atoms with Gasteiger partial charge in [-0.25, -0.2) is 4.39 Å². The zero-order valence-electron chi connectivity index (χ0n) is 9.16. The second-order valence-electron chi connectivity index (χ2n) is 3.51. The predicted molar refractivity (Wildman–Crippen MR) is 59.6 cm³/mol. The van der Waals surface area contributed by atoms with Crippen molar-refractivity contribution < 1.29 is 9.18 Å². The minimum absolute atomic E-state index is 0.176. The third kappa shape index (κ3) is 3.70. The Morgan fingerprint density at radius 2 is 1.93 bits per heavy atom. The Labute approximate surface area is 89.7 Å². The van der Waals surface area contributed by atoms with Crippen molar-refractivity contribution in [1.82, 2.24) is 0 Å². The van der Waals surface area contributed by atoms with Gasteiger partial charge < -0.3 is 4.90 Å². The van der Waals surface area contributed by atoms with Crippen molar-refractivity contribution >= 4 is 11.5 Å². The van der Waals surface area contributed by atoms with E-state index in [-0.39, 0.29) is 11.6 Å². The lowest BCUT2D eigenvalue weighted by molar-refractivity contribution is -0.116. The molecular formula is C12H16FNO. The fourth-order valence-corrected chi connectivity index (χ4v) is 1.41. The molecule has 0 saturated carbocycles. The Bertz CT molecular complexity index is 321. The van der Waals surface area contributed by atoms with E-state index in [9.17, 15) is 9.18 Å². The molecule has 0 atom stereocenters. The van der Waals surface area contributed by atoms with Crippen molar-refractivity contribution in [2.75, 3.05) is 18.0 Å². The normalized spacial score (nSPS) is 10.1. The van der Waals surface area contributed by atoms with E-state index >= 15 is 0 Å². The molecule has 82 valence electrons. The molecule has 15 heavy (non-hydrogen) atoms.